The van der Waals surface area contributed by atoms with Crippen molar-refractivity contribution in [3.8, 4) is 11.1 Å². The van der Waals surface area contributed by atoms with E-state index in [2.05, 4.69) is 9.97 Å². The summed E-state index contributed by atoms with van der Waals surface area (Å²) in [4.78, 5) is 21.4. The van der Waals surface area contributed by atoms with E-state index in [4.69, 9.17) is 0 Å². The van der Waals surface area contributed by atoms with Crippen molar-refractivity contribution in [2.75, 3.05) is 0 Å². The van der Waals surface area contributed by atoms with Crippen LogP contribution in [0.1, 0.15) is 5.56 Å². The molecular formula is C18H13N3O. The van der Waals surface area contributed by atoms with E-state index in [9.17, 15) is 4.79 Å². The zero-order chi connectivity index (χ0) is 15.1. The number of pyridine rings is 2. The molecule has 4 heteroatoms. The molecule has 0 N–H and O–H groups in total. The molecule has 0 fully saturated rings. The Hall–Kier alpha value is -3.01. The molecule has 3 aromatic heterocycles. The lowest BCUT2D eigenvalue weighted by Crippen LogP contribution is -2.15. The number of aryl methyl sites for hydroxylation is 1. The summed E-state index contributed by atoms with van der Waals surface area (Å²) in [7, 11) is 0. The van der Waals surface area contributed by atoms with E-state index >= 15 is 0 Å². The highest BCUT2D eigenvalue weighted by Crippen LogP contribution is 2.21. The predicted molar refractivity (Wildman–Crippen MR) is 86.9 cm³/mol. The van der Waals surface area contributed by atoms with Crippen LogP contribution in [0, 0.1) is 6.92 Å². The molecule has 0 amide bonds. The van der Waals surface area contributed by atoms with Gasteiger partial charge in [-0.15, -0.1) is 0 Å². The third kappa shape index (κ3) is 1.97. The third-order valence-corrected chi connectivity index (χ3v) is 3.76. The van der Waals surface area contributed by atoms with Crippen molar-refractivity contribution in [3.05, 3.63) is 76.8 Å². The van der Waals surface area contributed by atoms with Crippen molar-refractivity contribution < 1.29 is 0 Å². The van der Waals surface area contributed by atoms with Crippen LogP contribution in [0.3, 0.4) is 0 Å². The fourth-order valence-corrected chi connectivity index (χ4v) is 2.54. The molecule has 0 saturated carbocycles. The van der Waals surface area contributed by atoms with Gasteiger partial charge in [-0.05, 0) is 30.7 Å². The molecule has 1 aromatic carbocycles. The van der Waals surface area contributed by atoms with Crippen LogP contribution in [0.15, 0.2) is 65.7 Å². The highest BCUT2D eigenvalue weighted by atomic mass is 16.1. The number of fused-ring (bicyclic) bond motifs is 2. The highest BCUT2D eigenvalue weighted by Gasteiger charge is 2.08. The number of rotatable bonds is 1. The monoisotopic (exact) mass is 287 g/mol. The Kier molecular flexibility index (Phi) is 2.76. The van der Waals surface area contributed by atoms with E-state index in [-0.39, 0.29) is 5.56 Å². The second-order valence-corrected chi connectivity index (χ2v) is 5.31. The molecule has 106 valence electrons. The molecule has 0 unspecified atom stereocenters. The van der Waals surface area contributed by atoms with Gasteiger partial charge >= 0.3 is 0 Å². The van der Waals surface area contributed by atoms with E-state index in [1.807, 2.05) is 49.4 Å². The molecule has 3 heterocycles. The van der Waals surface area contributed by atoms with Crippen LogP contribution in [-0.4, -0.2) is 14.4 Å². The Morgan fingerprint density at radius 1 is 1.00 bits per heavy atom. The number of hydrogen-bond acceptors (Lipinski definition) is 3. The van der Waals surface area contributed by atoms with Crippen LogP contribution in [0.4, 0.5) is 0 Å². The van der Waals surface area contributed by atoms with E-state index < -0.39 is 0 Å². The number of hydrogen-bond donors (Lipinski definition) is 0. The van der Waals surface area contributed by atoms with Gasteiger partial charge in [0.25, 0.3) is 5.56 Å². The maximum atomic E-state index is 12.6. The molecule has 0 bridgehead atoms. The van der Waals surface area contributed by atoms with Crippen LogP contribution < -0.4 is 5.56 Å². The van der Waals surface area contributed by atoms with Crippen molar-refractivity contribution >= 4 is 16.7 Å². The molecular weight excluding hydrogens is 274 g/mol. The molecule has 22 heavy (non-hydrogen) atoms. The fraction of sp³-hybridized carbons (Fsp3) is 0.0556. The minimum Gasteiger partial charge on any atom is -0.268 e. The minimum atomic E-state index is -0.0953. The van der Waals surface area contributed by atoms with Crippen molar-refractivity contribution in [3.63, 3.8) is 0 Å². The van der Waals surface area contributed by atoms with Crippen LogP contribution in [-0.2, 0) is 0 Å². The minimum absolute atomic E-state index is 0.0953. The third-order valence-electron chi connectivity index (χ3n) is 3.76. The average Bonchev–Trinajstić information content (AvgIpc) is 2.56. The van der Waals surface area contributed by atoms with Gasteiger partial charge in [0.1, 0.15) is 5.65 Å². The summed E-state index contributed by atoms with van der Waals surface area (Å²) in [5.41, 5.74) is 4.15. The van der Waals surface area contributed by atoms with Crippen LogP contribution in [0.5, 0.6) is 0 Å². The summed E-state index contributed by atoms with van der Waals surface area (Å²) >= 11 is 0. The van der Waals surface area contributed by atoms with E-state index in [0.29, 0.717) is 16.7 Å². The summed E-state index contributed by atoms with van der Waals surface area (Å²) in [5.74, 6) is 0. The molecule has 0 spiro atoms. The zero-order valence-corrected chi connectivity index (χ0v) is 12.0. The first kappa shape index (κ1) is 12.7. The predicted octanol–water partition coefficient (Wildman–Crippen LogP) is 3.22. The molecule has 4 nitrogen and oxygen atoms in total. The molecule has 0 aliphatic heterocycles. The summed E-state index contributed by atoms with van der Waals surface area (Å²) in [6.45, 7) is 2.05. The second kappa shape index (κ2) is 4.77. The van der Waals surface area contributed by atoms with Gasteiger partial charge in [0.2, 0.25) is 0 Å². The van der Waals surface area contributed by atoms with Crippen LogP contribution >= 0.6 is 0 Å². The highest BCUT2D eigenvalue weighted by molar-refractivity contribution is 5.81. The zero-order valence-electron chi connectivity index (χ0n) is 12.0. The largest absolute Gasteiger partial charge is 0.268 e. The molecule has 0 radical (unpaired) electrons. The van der Waals surface area contributed by atoms with Crippen molar-refractivity contribution in [1.29, 1.82) is 0 Å². The first-order valence-electron chi connectivity index (χ1n) is 7.06. The van der Waals surface area contributed by atoms with Gasteiger partial charge in [-0.1, -0.05) is 35.9 Å². The molecule has 0 saturated heterocycles. The Labute approximate surface area is 126 Å². The van der Waals surface area contributed by atoms with E-state index in [1.165, 1.54) is 5.56 Å². The first-order chi connectivity index (χ1) is 10.7. The van der Waals surface area contributed by atoms with Gasteiger partial charge in [0.05, 0.1) is 5.39 Å². The average molecular weight is 287 g/mol. The molecule has 0 atom stereocenters. The SMILES string of the molecule is Cc1ccc(-c2cnc3nc4ccccn4c(=O)c3c2)cc1. The van der Waals surface area contributed by atoms with Crippen LogP contribution in [0.25, 0.3) is 27.8 Å². The van der Waals surface area contributed by atoms with E-state index in [0.717, 1.165) is 11.1 Å². The summed E-state index contributed by atoms with van der Waals surface area (Å²) in [5, 5.41) is 0.529. The Morgan fingerprint density at radius 3 is 2.64 bits per heavy atom. The summed E-state index contributed by atoms with van der Waals surface area (Å²) in [6.07, 6.45) is 3.49. The summed E-state index contributed by atoms with van der Waals surface area (Å²) < 4.78 is 1.54. The Balaban J connectivity index is 2.01. The standard InChI is InChI=1S/C18H13N3O/c1-12-5-7-13(8-6-12)14-10-15-17(19-11-14)20-16-4-2-3-9-21(16)18(15)22/h2-11H,1H3. The second-order valence-electron chi connectivity index (χ2n) is 5.31. The lowest BCUT2D eigenvalue weighted by molar-refractivity contribution is 1.07. The lowest BCUT2D eigenvalue weighted by atomic mass is 10.1. The maximum Gasteiger partial charge on any atom is 0.267 e. The first-order valence-corrected chi connectivity index (χ1v) is 7.06. The quantitative estimate of drug-likeness (QED) is 0.505. The van der Waals surface area contributed by atoms with Gasteiger partial charge in [-0.2, -0.15) is 0 Å². The maximum absolute atomic E-state index is 12.6. The van der Waals surface area contributed by atoms with Crippen molar-refractivity contribution in [2.24, 2.45) is 0 Å². The fourth-order valence-electron chi connectivity index (χ4n) is 2.54. The topological polar surface area (TPSA) is 47.3 Å². The van der Waals surface area contributed by atoms with Gasteiger partial charge in [0, 0.05) is 18.0 Å². The number of aromatic nitrogens is 3. The molecule has 0 aliphatic carbocycles. The van der Waals surface area contributed by atoms with Gasteiger partial charge in [-0.3, -0.25) is 9.20 Å². The number of nitrogens with zero attached hydrogens (tertiary/aromatic N) is 3. The molecule has 4 aromatic rings. The van der Waals surface area contributed by atoms with Crippen molar-refractivity contribution in [2.45, 2.75) is 6.92 Å². The normalized spacial score (nSPS) is 11.1. The Morgan fingerprint density at radius 2 is 1.82 bits per heavy atom. The summed E-state index contributed by atoms with van der Waals surface area (Å²) in [6, 6.07) is 15.5. The van der Waals surface area contributed by atoms with Crippen LogP contribution in [0.2, 0.25) is 0 Å². The number of benzene rings is 1. The molecule has 4 rings (SSSR count). The Bertz CT molecular complexity index is 1050. The lowest BCUT2D eigenvalue weighted by Gasteiger charge is -2.05. The van der Waals surface area contributed by atoms with Gasteiger partial charge in [-0.25, -0.2) is 9.97 Å². The van der Waals surface area contributed by atoms with Gasteiger partial charge in [0.15, 0.2) is 5.65 Å². The van der Waals surface area contributed by atoms with E-state index in [1.54, 1.807) is 22.9 Å². The van der Waals surface area contributed by atoms with Gasteiger partial charge < -0.3 is 0 Å². The van der Waals surface area contributed by atoms with Crippen molar-refractivity contribution in [1.82, 2.24) is 14.4 Å². The molecule has 0 aliphatic rings. The smallest absolute Gasteiger partial charge is 0.267 e.